The molecule has 5 rings (SSSR count). The summed E-state index contributed by atoms with van der Waals surface area (Å²) in [7, 11) is 0. The molecule has 1 saturated heterocycles. The first-order valence-electron chi connectivity index (χ1n) is 10.1. The minimum Gasteiger partial charge on any atom is -0.326 e. The van der Waals surface area contributed by atoms with Crippen LogP contribution < -0.4 is 10.2 Å². The average molecular weight is 429 g/mol. The third-order valence-electron chi connectivity index (χ3n) is 5.41. The lowest BCUT2D eigenvalue weighted by molar-refractivity contribution is -0.122. The van der Waals surface area contributed by atoms with E-state index in [1.165, 1.54) is 11.3 Å². The number of pyridine rings is 1. The Morgan fingerprint density at radius 3 is 2.61 bits per heavy atom. The Morgan fingerprint density at radius 1 is 1.10 bits per heavy atom. The van der Waals surface area contributed by atoms with Crippen molar-refractivity contribution in [1.29, 1.82) is 0 Å². The first-order valence-corrected chi connectivity index (χ1v) is 10.9. The van der Waals surface area contributed by atoms with Gasteiger partial charge in [0.2, 0.25) is 11.8 Å². The number of carbonyl (C=O) groups excluding carboxylic acids is 2. The molecule has 154 valence electrons. The molecule has 0 aliphatic carbocycles. The van der Waals surface area contributed by atoms with Gasteiger partial charge in [-0.3, -0.25) is 9.59 Å². The van der Waals surface area contributed by atoms with Crippen molar-refractivity contribution in [3.63, 3.8) is 0 Å². The zero-order valence-electron chi connectivity index (χ0n) is 16.9. The number of hydrogen-bond acceptors (Lipinski definition) is 5. The predicted molar refractivity (Wildman–Crippen MR) is 123 cm³/mol. The molecule has 0 bridgehead atoms. The van der Waals surface area contributed by atoms with Gasteiger partial charge in [-0.2, -0.15) is 0 Å². The fraction of sp³-hybridized carbons (Fsp3) is 0.167. The summed E-state index contributed by atoms with van der Waals surface area (Å²) in [4.78, 5) is 36.7. The highest BCUT2D eigenvalue weighted by molar-refractivity contribution is 7.21. The molecule has 2 aromatic carbocycles. The molecule has 1 N–H and O–H groups in total. The number of aryl methyl sites for hydroxylation is 1. The fourth-order valence-electron chi connectivity index (χ4n) is 3.69. The van der Waals surface area contributed by atoms with E-state index in [9.17, 15) is 9.59 Å². The van der Waals surface area contributed by atoms with Gasteiger partial charge in [-0.1, -0.05) is 29.0 Å². The topological polar surface area (TPSA) is 75.2 Å². The van der Waals surface area contributed by atoms with Crippen LogP contribution >= 0.6 is 11.3 Å². The summed E-state index contributed by atoms with van der Waals surface area (Å²) in [6, 6.07) is 19.2. The van der Waals surface area contributed by atoms with Crippen molar-refractivity contribution < 1.29 is 9.59 Å². The second kappa shape index (κ2) is 7.92. The second-order valence-corrected chi connectivity index (χ2v) is 8.63. The van der Waals surface area contributed by atoms with E-state index < -0.39 is 0 Å². The van der Waals surface area contributed by atoms with Crippen molar-refractivity contribution in [3.8, 4) is 10.6 Å². The van der Waals surface area contributed by atoms with Crippen molar-refractivity contribution >= 4 is 44.9 Å². The molecule has 0 saturated carbocycles. The number of carbonyl (C=O) groups is 2. The smallest absolute Gasteiger partial charge is 0.229 e. The minimum atomic E-state index is -0.371. The number of rotatable bonds is 4. The molecule has 3 heterocycles. The maximum absolute atomic E-state index is 12.8. The van der Waals surface area contributed by atoms with E-state index in [0.29, 0.717) is 12.2 Å². The van der Waals surface area contributed by atoms with E-state index in [1.807, 2.05) is 67.6 Å². The molecule has 1 fully saturated rings. The van der Waals surface area contributed by atoms with Gasteiger partial charge < -0.3 is 10.2 Å². The average Bonchev–Trinajstić information content (AvgIpc) is 3.39. The summed E-state index contributed by atoms with van der Waals surface area (Å²) < 4.78 is 0. The van der Waals surface area contributed by atoms with Crippen LogP contribution in [-0.4, -0.2) is 28.3 Å². The predicted octanol–water partition coefficient (Wildman–Crippen LogP) is 4.66. The maximum Gasteiger partial charge on any atom is 0.229 e. The van der Waals surface area contributed by atoms with E-state index in [2.05, 4.69) is 15.3 Å². The number of fused-ring (bicyclic) bond motifs is 1. The summed E-state index contributed by atoms with van der Waals surface area (Å²) >= 11 is 1.54. The minimum absolute atomic E-state index is 0.0243. The van der Waals surface area contributed by atoms with Gasteiger partial charge in [-0.05, 0) is 55.5 Å². The molecule has 2 amide bonds. The highest BCUT2D eigenvalue weighted by Gasteiger charge is 2.35. The highest BCUT2D eigenvalue weighted by atomic mass is 32.1. The van der Waals surface area contributed by atoms with Crippen LogP contribution in [-0.2, 0) is 9.59 Å². The Hall–Kier alpha value is -3.58. The lowest BCUT2D eigenvalue weighted by atomic mass is 10.1. The van der Waals surface area contributed by atoms with Gasteiger partial charge in [0.05, 0.1) is 5.92 Å². The molecular formula is C24H20N4O2S. The molecule has 0 spiro atoms. The number of nitrogens with one attached hydrogen (secondary N) is 1. The molecular weight excluding hydrogens is 408 g/mol. The molecule has 1 aliphatic rings. The lowest BCUT2D eigenvalue weighted by Crippen LogP contribution is -2.28. The van der Waals surface area contributed by atoms with E-state index in [0.717, 1.165) is 32.2 Å². The Bertz CT molecular complexity index is 1230. The Labute approximate surface area is 183 Å². The zero-order valence-corrected chi connectivity index (χ0v) is 17.7. The first kappa shape index (κ1) is 19.4. The monoisotopic (exact) mass is 428 g/mol. The van der Waals surface area contributed by atoms with Gasteiger partial charge in [0.1, 0.15) is 15.4 Å². The van der Waals surface area contributed by atoms with Crippen LogP contribution in [0.15, 0.2) is 66.9 Å². The summed E-state index contributed by atoms with van der Waals surface area (Å²) in [5, 5.41) is 3.83. The SMILES string of the molecule is Cc1ccc(N2CC(C(=O)Nc3ccc(-c4nc5cccnc5s4)cc3)CC2=O)cc1. The Morgan fingerprint density at radius 2 is 1.87 bits per heavy atom. The summed E-state index contributed by atoms with van der Waals surface area (Å²) in [6.45, 7) is 2.40. The van der Waals surface area contributed by atoms with Crippen molar-refractivity contribution in [2.24, 2.45) is 5.92 Å². The van der Waals surface area contributed by atoms with Crippen LogP contribution in [0.5, 0.6) is 0 Å². The van der Waals surface area contributed by atoms with Crippen LogP contribution in [0, 0.1) is 12.8 Å². The Balaban J connectivity index is 1.26. The quantitative estimate of drug-likeness (QED) is 0.513. The molecule has 1 unspecified atom stereocenters. The van der Waals surface area contributed by atoms with Crippen molar-refractivity contribution in [3.05, 3.63) is 72.4 Å². The summed E-state index contributed by atoms with van der Waals surface area (Å²) in [5.41, 5.74) is 4.52. The maximum atomic E-state index is 12.8. The van der Waals surface area contributed by atoms with Crippen molar-refractivity contribution in [2.45, 2.75) is 13.3 Å². The molecule has 1 atom stereocenters. The molecule has 1 aliphatic heterocycles. The van der Waals surface area contributed by atoms with Crippen LogP contribution in [0.2, 0.25) is 0 Å². The number of aromatic nitrogens is 2. The zero-order chi connectivity index (χ0) is 21.4. The van der Waals surface area contributed by atoms with E-state index in [-0.39, 0.29) is 24.2 Å². The standard InChI is InChI=1S/C24H20N4O2S/c1-15-4-10-19(11-5-15)28-14-17(13-21(28)29)22(30)26-18-8-6-16(7-9-18)23-27-20-3-2-12-25-24(20)31-23/h2-12,17H,13-14H2,1H3,(H,26,30). The number of nitrogens with zero attached hydrogens (tertiary/aromatic N) is 3. The van der Waals surface area contributed by atoms with Gasteiger partial charge >= 0.3 is 0 Å². The van der Waals surface area contributed by atoms with Crippen LogP contribution in [0.3, 0.4) is 0 Å². The Kier molecular flexibility index (Phi) is 4.95. The molecule has 2 aromatic heterocycles. The van der Waals surface area contributed by atoms with Crippen LogP contribution in [0.4, 0.5) is 11.4 Å². The summed E-state index contributed by atoms with van der Waals surface area (Å²) in [6.07, 6.45) is 1.98. The second-order valence-electron chi connectivity index (χ2n) is 7.65. The van der Waals surface area contributed by atoms with Crippen molar-refractivity contribution in [1.82, 2.24) is 9.97 Å². The normalized spacial score (nSPS) is 16.1. The van der Waals surface area contributed by atoms with Gasteiger partial charge in [-0.15, -0.1) is 0 Å². The van der Waals surface area contributed by atoms with Gasteiger partial charge in [0.15, 0.2) is 0 Å². The highest BCUT2D eigenvalue weighted by Crippen LogP contribution is 2.30. The molecule has 0 radical (unpaired) electrons. The van der Waals surface area contributed by atoms with Crippen LogP contribution in [0.25, 0.3) is 20.9 Å². The fourth-order valence-corrected chi connectivity index (χ4v) is 4.60. The van der Waals surface area contributed by atoms with Gasteiger partial charge in [0.25, 0.3) is 0 Å². The van der Waals surface area contributed by atoms with E-state index in [1.54, 1.807) is 11.1 Å². The number of thiazole rings is 1. The van der Waals surface area contributed by atoms with Gasteiger partial charge in [-0.25, -0.2) is 9.97 Å². The molecule has 4 aromatic rings. The van der Waals surface area contributed by atoms with E-state index in [4.69, 9.17) is 0 Å². The number of anilines is 2. The molecule has 7 heteroatoms. The number of amides is 2. The summed E-state index contributed by atoms with van der Waals surface area (Å²) in [5.74, 6) is -0.535. The third kappa shape index (κ3) is 3.92. The third-order valence-corrected chi connectivity index (χ3v) is 6.44. The lowest BCUT2D eigenvalue weighted by Gasteiger charge is -2.17. The molecule has 31 heavy (non-hydrogen) atoms. The van der Waals surface area contributed by atoms with E-state index >= 15 is 0 Å². The first-order chi connectivity index (χ1) is 15.1. The largest absolute Gasteiger partial charge is 0.326 e. The number of benzene rings is 2. The number of hydrogen-bond donors (Lipinski definition) is 1. The molecule has 6 nitrogen and oxygen atoms in total. The van der Waals surface area contributed by atoms with Gasteiger partial charge in [0, 0.05) is 36.1 Å². The van der Waals surface area contributed by atoms with Crippen molar-refractivity contribution in [2.75, 3.05) is 16.8 Å². The van der Waals surface area contributed by atoms with Crippen LogP contribution in [0.1, 0.15) is 12.0 Å².